The van der Waals surface area contributed by atoms with Crippen LogP contribution in [0.3, 0.4) is 0 Å². The zero-order chi connectivity index (χ0) is 16.4. The van der Waals surface area contributed by atoms with E-state index in [0.29, 0.717) is 12.2 Å². The molecule has 0 radical (unpaired) electrons. The lowest BCUT2D eigenvalue weighted by molar-refractivity contribution is 0.0526. The molecule has 5 nitrogen and oxygen atoms in total. The zero-order valence-corrected chi connectivity index (χ0v) is 14.0. The SMILES string of the molecule is CCOC(=O)c1cccc(Nc2ncnc3sc(C)c(C)c23)c1. The summed E-state index contributed by atoms with van der Waals surface area (Å²) in [6.45, 7) is 6.29. The van der Waals surface area contributed by atoms with Gasteiger partial charge in [0.2, 0.25) is 0 Å². The van der Waals surface area contributed by atoms with Crippen LogP contribution in [0.25, 0.3) is 10.2 Å². The number of rotatable bonds is 4. The zero-order valence-electron chi connectivity index (χ0n) is 13.2. The van der Waals surface area contributed by atoms with Crippen LogP contribution in [-0.2, 0) is 4.74 Å². The Kier molecular flexibility index (Phi) is 4.25. The van der Waals surface area contributed by atoms with E-state index in [1.165, 1.54) is 10.4 Å². The minimum absolute atomic E-state index is 0.327. The van der Waals surface area contributed by atoms with Gasteiger partial charge in [-0.1, -0.05) is 6.07 Å². The maximum absolute atomic E-state index is 11.8. The summed E-state index contributed by atoms with van der Waals surface area (Å²) in [7, 11) is 0. The third kappa shape index (κ3) is 3.03. The fraction of sp³-hybridized carbons (Fsp3) is 0.235. The third-order valence-electron chi connectivity index (χ3n) is 3.60. The van der Waals surface area contributed by atoms with Gasteiger partial charge in [-0.25, -0.2) is 14.8 Å². The summed E-state index contributed by atoms with van der Waals surface area (Å²) < 4.78 is 5.04. The van der Waals surface area contributed by atoms with Gasteiger partial charge in [0.05, 0.1) is 17.6 Å². The summed E-state index contributed by atoms with van der Waals surface area (Å²) in [6, 6.07) is 7.21. The quantitative estimate of drug-likeness (QED) is 0.727. The summed E-state index contributed by atoms with van der Waals surface area (Å²) in [6.07, 6.45) is 1.55. The van der Waals surface area contributed by atoms with E-state index in [1.54, 1.807) is 36.7 Å². The van der Waals surface area contributed by atoms with E-state index >= 15 is 0 Å². The van der Waals surface area contributed by atoms with Crippen molar-refractivity contribution in [3.8, 4) is 0 Å². The minimum Gasteiger partial charge on any atom is -0.462 e. The van der Waals surface area contributed by atoms with Crippen LogP contribution in [0.4, 0.5) is 11.5 Å². The van der Waals surface area contributed by atoms with Crippen LogP contribution in [0.15, 0.2) is 30.6 Å². The molecule has 6 heteroatoms. The second kappa shape index (κ2) is 6.34. The normalized spacial score (nSPS) is 10.7. The second-order valence-corrected chi connectivity index (χ2v) is 6.32. The molecule has 0 spiro atoms. The first-order valence-corrected chi connectivity index (χ1v) is 8.16. The Morgan fingerprint density at radius 2 is 2.13 bits per heavy atom. The lowest BCUT2D eigenvalue weighted by Gasteiger charge is -2.09. The predicted molar refractivity (Wildman–Crippen MR) is 92.6 cm³/mol. The number of aryl methyl sites for hydroxylation is 2. The summed E-state index contributed by atoms with van der Waals surface area (Å²) in [5, 5.41) is 4.31. The lowest BCUT2D eigenvalue weighted by atomic mass is 10.2. The molecule has 0 atom stereocenters. The highest BCUT2D eigenvalue weighted by molar-refractivity contribution is 7.18. The average molecular weight is 327 g/mol. The Labute approximate surface area is 138 Å². The highest BCUT2D eigenvalue weighted by atomic mass is 32.1. The van der Waals surface area contributed by atoms with Gasteiger partial charge in [0.15, 0.2) is 0 Å². The first-order chi connectivity index (χ1) is 11.1. The molecule has 0 aliphatic rings. The van der Waals surface area contributed by atoms with E-state index in [-0.39, 0.29) is 5.97 Å². The Hall–Kier alpha value is -2.47. The Morgan fingerprint density at radius 1 is 1.30 bits per heavy atom. The molecule has 1 aromatic carbocycles. The van der Waals surface area contributed by atoms with E-state index in [0.717, 1.165) is 21.7 Å². The van der Waals surface area contributed by atoms with Crippen LogP contribution in [0.2, 0.25) is 0 Å². The van der Waals surface area contributed by atoms with Crippen LogP contribution in [0, 0.1) is 13.8 Å². The number of anilines is 2. The van der Waals surface area contributed by atoms with E-state index < -0.39 is 0 Å². The fourth-order valence-electron chi connectivity index (χ4n) is 2.35. The van der Waals surface area contributed by atoms with Gasteiger partial charge in [-0.15, -0.1) is 11.3 Å². The summed E-state index contributed by atoms with van der Waals surface area (Å²) >= 11 is 1.65. The topological polar surface area (TPSA) is 64.1 Å². The molecule has 2 heterocycles. The van der Waals surface area contributed by atoms with E-state index in [2.05, 4.69) is 29.1 Å². The Morgan fingerprint density at radius 3 is 2.91 bits per heavy atom. The number of hydrogen-bond acceptors (Lipinski definition) is 6. The number of nitrogens with one attached hydrogen (secondary N) is 1. The van der Waals surface area contributed by atoms with Gasteiger partial charge in [-0.3, -0.25) is 0 Å². The van der Waals surface area contributed by atoms with Crippen molar-refractivity contribution in [2.45, 2.75) is 20.8 Å². The van der Waals surface area contributed by atoms with Crippen LogP contribution in [0.1, 0.15) is 27.7 Å². The largest absolute Gasteiger partial charge is 0.462 e. The van der Waals surface area contributed by atoms with Crippen molar-refractivity contribution in [2.24, 2.45) is 0 Å². The molecule has 0 fully saturated rings. The Bertz CT molecular complexity index is 873. The van der Waals surface area contributed by atoms with Gasteiger partial charge < -0.3 is 10.1 Å². The van der Waals surface area contributed by atoms with Gasteiger partial charge in [0, 0.05) is 10.6 Å². The van der Waals surface area contributed by atoms with Gasteiger partial charge in [0.1, 0.15) is 17.0 Å². The summed E-state index contributed by atoms with van der Waals surface area (Å²) in [5.41, 5.74) is 2.48. The predicted octanol–water partition coefficient (Wildman–Crippen LogP) is 4.23. The maximum Gasteiger partial charge on any atom is 0.338 e. The molecule has 0 saturated heterocycles. The van der Waals surface area contributed by atoms with Crippen molar-refractivity contribution in [1.29, 1.82) is 0 Å². The number of ether oxygens (including phenoxy) is 1. The molecule has 0 amide bonds. The standard InChI is InChI=1S/C17H17N3O2S/c1-4-22-17(21)12-6-5-7-13(8-12)20-15-14-10(2)11(3)23-16(14)19-9-18-15/h5-9H,4H2,1-3H3,(H,18,19,20). The van der Waals surface area contributed by atoms with E-state index in [4.69, 9.17) is 4.74 Å². The van der Waals surface area contributed by atoms with Gasteiger partial charge in [-0.2, -0.15) is 0 Å². The first kappa shape index (κ1) is 15.4. The molecule has 0 aliphatic carbocycles. The molecule has 0 bridgehead atoms. The average Bonchev–Trinajstić information content (AvgIpc) is 2.84. The van der Waals surface area contributed by atoms with Crippen LogP contribution in [0.5, 0.6) is 0 Å². The van der Waals surface area contributed by atoms with Crippen molar-refractivity contribution < 1.29 is 9.53 Å². The highest BCUT2D eigenvalue weighted by Crippen LogP contribution is 2.33. The number of carbonyl (C=O) groups is 1. The molecular formula is C17H17N3O2S. The van der Waals surface area contributed by atoms with Crippen LogP contribution in [-0.4, -0.2) is 22.5 Å². The summed E-state index contributed by atoms with van der Waals surface area (Å²) in [4.78, 5) is 22.7. The minimum atomic E-state index is -0.327. The number of esters is 1. The maximum atomic E-state index is 11.8. The van der Waals surface area contributed by atoms with Crippen molar-refractivity contribution >= 4 is 39.0 Å². The Balaban J connectivity index is 1.97. The van der Waals surface area contributed by atoms with E-state index in [1.807, 2.05) is 12.1 Å². The van der Waals surface area contributed by atoms with Gasteiger partial charge in [-0.05, 0) is 44.5 Å². The number of thiophene rings is 1. The number of benzene rings is 1. The number of carbonyl (C=O) groups excluding carboxylic acids is 1. The molecule has 2 aromatic heterocycles. The molecule has 23 heavy (non-hydrogen) atoms. The number of fused-ring (bicyclic) bond motifs is 1. The van der Waals surface area contributed by atoms with Crippen LogP contribution < -0.4 is 5.32 Å². The van der Waals surface area contributed by atoms with Gasteiger partial charge in [0.25, 0.3) is 0 Å². The van der Waals surface area contributed by atoms with Gasteiger partial charge >= 0.3 is 5.97 Å². The lowest BCUT2D eigenvalue weighted by Crippen LogP contribution is -2.05. The second-order valence-electron chi connectivity index (χ2n) is 5.11. The number of aromatic nitrogens is 2. The van der Waals surface area contributed by atoms with Crippen molar-refractivity contribution in [3.63, 3.8) is 0 Å². The highest BCUT2D eigenvalue weighted by Gasteiger charge is 2.13. The summed E-state index contributed by atoms with van der Waals surface area (Å²) in [5.74, 6) is 0.421. The third-order valence-corrected chi connectivity index (χ3v) is 4.72. The number of nitrogens with zero attached hydrogens (tertiary/aromatic N) is 2. The first-order valence-electron chi connectivity index (χ1n) is 7.35. The molecule has 0 aliphatic heterocycles. The molecule has 0 unspecified atom stereocenters. The van der Waals surface area contributed by atoms with E-state index in [9.17, 15) is 4.79 Å². The molecule has 118 valence electrons. The molecule has 3 aromatic rings. The number of hydrogen-bond donors (Lipinski definition) is 1. The van der Waals surface area contributed by atoms with Crippen molar-refractivity contribution in [3.05, 3.63) is 46.6 Å². The molecule has 3 rings (SSSR count). The van der Waals surface area contributed by atoms with Crippen molar-refractivity contribution in [2.75, 3.05) is 11.9 Å². The fourth-order valence-corrected chi connectivity index (χ4v) is 3.35. The van der Waals surface area contributed by atoms with Crippen molar-refractivity contribution in [1.82, 2.24) is 9.97 Å². The molecule has 1 N–H and O–H groups in total. The molecule has 0 saturated carbocycles. The smallest absolute Gasteiger partial charge is 0.338 e. The van der Waals surface area contributed by atoms with Crippen LogP contribution >= 0.6 is 11.3 Å². The monoisotopic (exact) mass is 327 g/mol. The molecular weight excluding hydrogens is 310 g/mol.